The number of carbonyl (C=O) groups is 3. The molecule has 2 fully saturated rings. The molecule has 1 aromatic heterocycles. The van der Waals surface area contributed by atoms with E-state index >= 15 is 0 Å². The van der Waals surface area contributed by atoms with Gasteiger partial charge in [0.2, 0.25) is 0 Å². The maximum atomic E-state index is 12.9. The summed E-state index contributed by atoms with van der Waals surface area (Å²) in [7, 11) is 3.26. The second kappa shape index (κ2) is 8.93. The van der Waals surface area contributed by atoms with Gasteiger partial charge in [-0.3, -0.25) is 14.5 Å². The number of likely N-dealkylation sites (N-methyl/N-ethyl adjacent to an activating group) is 1. The van der Waals surface area contributed by atoms with E-state index in [2.05, 4.69) is 15.5 Å². The normalized spacial score (nSPS) is 29.5. The van der Waals surface area contributed by atoms with Crippen molar-refractivity contribution in [2.75, 3.05) is 45.3 Å². The Kier molecular flexibility index (Phi) is 6.35. The van der Waals surface area contributed by atoms with Crippen LogP contribution in [0.2, 0.25) is 0 Å². The number of aliphatic hydroxyl groups is 1. The van der Waals surface area contributed by atoms with Crippen LogP contribution in [0.5, 0.6) is 0 Å². The maximum absolute atomic E-state index is 12.9. The molecule has 0 spiro atoms. The molecule has 2 saturated heterocycles. The van der Waals surface area contributed by atoms with Crippen molar-refractivity contribution in [3.05, 3.63) is 22.3 Å². The molecule has 2 amide bonds. The van der Waals surface area contributed by atoms with E-state index < -0.39 is 35.3 Å². The summed E-state index contributed by atoms with van der Waals surface area (Å²) < 4.78 is 0.522. The Morgan fingerprint density at radius 3 is 2.82 bits per heavy atom. The molecule has 3 aliphatic rings. The fraction of sp³-hybridized carbons (Fsp3) is 0.526. The van der Waals surface area contributed by atoms with Crippen molar-refractivity contribution in [3.63, 3.8) is 0 Å². The SMILES string of the molecule is CO/N=C(\C(=O)N[C@@H]1C(=O)N2C(C(=O)O)=C(C[N+]3(C)CCC(O)C3)CS[C@H]12)c1csc(N)n1. The molecule has 0 aliphatic carbocycles. The van der Waals surface area contributed by atoms with Crippen molar-refractivity contribution >= 4 is 51.7 Å². The van der Waals surface area contributed by atoms with Crippen LogP contribution in [0.4, 0.5) is 5.13 Å². The number of aliphatic carboxylic acids is 1. The van der Waals surface area contributed by atoms with Gasteiger partial charge in [0, 0.05) is 23.1 Å². The lowest BCUT2D eigenvalue weighted by Crippen LogP contribution is -2.71. The molecule has 4 atom stereocenters. The van der Waals surface area contributed by atoms with E-state index in [1.807, 2.05) is 7.05 Å². The number of nitrogen functional groups attached to an aromatic ring is 1. The van der Waals surface area contributed by atoms with Gasteiger partial charge in [-0.15, -0.1) is 23.1 Å². The Morgan fingerprint density at radius 1 is 1.48 bits per heavy atom. The molecule has 0 radical (unpaired) electrons. The Balaban J connectivity index is 1.51. The number of hydrogen-bond donors (Lipinski definition) is 4. The number of nitrogens with two attached hydrogens (primary N) is 1. The van der Waals surface area contributed by atoms with Gasteiger partial charge in [-0.2, -0.15) is 0 Å². The summed E-state index contributed by atoms with van der Waals surface area (Å²) in [6.07, 6.45) is 0.253. The molecule has 4 rings (SSSR count). The summed E-state index contributed by atoms with van der Waals surface area (Å²) in [4.78, 5) is 47.9. The molecule has 1 aromatic rings. The highest BCUT2D eigenvalue weighted by Gasteiger charge is 2.55. The molecular weight excluding hydrogens is 472 g/mol. The number of carboxylic acid groups (broad SMARTS) is 1. The number of thiazole rings is 1. The summed E-state index contributed by atoms with van der Waals surface area (Å²) in [6.45, 7) is 1.72. The number of likely N-dealkylation sites (tertiary alicyclic amines) is 1. The number of hydrogen-bond acceptors (Lipinski definition) is 10. The molecule has 14 heteroatoms. The van der Waals surface area contributed by atoms with Gasteiger partial charge in [0.1, 0.15) is 49.1 Å². The zero-order valence-corrected chi connectivity index (χ0v) is 19.7. The van der Waals surface area contributed by atoms with Crippen LogP contribution in [0.15, 0.2) is 21.8 Å². The van der Waals surface area contributed by atoms with Crippen LogP contribution in [0.25, 0.3) is 0 Å². The first-order valence-electron chi connectivity index (χ1n) is 10.2. The minimum Gasteiger partial charge on any atom is -0.477 e. The minimum atomic E-state index is -1.18. The van der Waals surface area contributed by atoms with Crippen LogP contribution < -0.4 is 11.1 Å². The number of fused-ring (bicyclic) bond motifs is 1. The van der Waals surface area contributed by atoms with E-state index in [1.54, 1.807) is 5.38 Å². The van der Waals surface area contributed by atoms with E-state index in [4.69, 9.17) is 10.6 Å². The second-order valence-corrected chi connectivity index (χ2v) is 10.4. The van der Waals surface area contributed by atoms with Gasteiger partial charge in [-0.05, 0) is 0 Å². The Labute approximate surface area is 197 Å². The molecule has 0 bridgehead atoms. The standard InChI is InChI=1S/C19H24N6O6S2/c1-25(4-3-10(26)6-25)5-9-7-32-17-13(16(28)24(17)14(9)18(29)30)22-15(27)12(23-31-2)11-8-33-19(20)21-11/h8,10,13,17,26H,3-7H2,1-2H3,(H3-,20,21,22,27,29,30)/p+1/b23-12-/t10?,13-,17-,25?/m1/s1. The maximum Gasteiger partial charge on any atom is 0.352 e. The van der Waals surface area contributed by atoms with E-state index in [1.165, 1.54) is 23.8 Å². The number of anilines is 1. The quantitative estimate of drug-likeness (QED) is 0.160. The van der Waals surface area contributed by atoms with Crippen molar-refractivity contribution in [1.29, 1.82) is 0 Å². The predicted molar refractivity (Wildman–Crippen MR) is 121 cm³/mol. The van der Waals surface area contributed by atoms with Gasteiger partial charge >= 0.3 is 5.97 Å². The minimum absolute atomic E-state index is 0.0342. The van der Waals surface area contributed by atoms with Crippen LogP contribution >= 0.6 is 23.1 Å². The van der Waals surface area contributed by atoms with Crippen LogP contribution in [-0.4, -0.2) is 105 Å². The second-order valence-electron chi connectivity index (χ2n) is 8.44. The lowest BCUT2D eigenvalue weighted by atomic mass is 10.0. The van der Waals surface area contributed by atoms with Gasteiger partial charge in [-0.1, -0.05) is 5.16 Å². The summed E-state index contributed by atoms with van der Waals surface area (Å²) >= 11 is 2.53. The fourth-order valence-electron chi connectivity index (χ4n) is 4.46. The first-order valence-corrected chi connectivity index (χ1v) is 12.1. The Hall–Kier alpha value is -2.68. The third-order valence-corrected chi connectivity index (χ3v) is 7.94. The molecule has 178 valence electrons. The highest BCUT2D eigenvalue weighted by atomic mass is 32.2. The van der Waals surface area contributed by atoms with E-state index in [9.17, 15) is 24.6 Å². The van der Waals surface area contributed by atoms with Gasteiger partial charge in [0.25, 0.3) is 11.8 Å². The molecule has 0 saturated carbocycles. The zero-order chi connectivity index (χ0) is 23.9. The average Bonchev–Trinajstić information content (AvgIpc) is 3.34. The van der Waals surface area contributed by atoms with Gasteiger partial charge in [0.15, 0.2) is 10.8 Å². The monoisotopic (exact) mass is 497 g/mol. The van der Waals surface area contributed by atoms with E-state index in [0.717, 1.165) is 17.9 Å². The van der Waals surface area contributed by atoms with E-state index in [-0.39, 0.29) is 22.2 Å². The number of amides is 2. The van der Waals surface area contributed by atoms with Crippen molar-refractivity contribution in [1.82, 2.24) is 15.2 Å². The van der Waals surface area contributed by atoms with Crippen LogP contribution in [0.3, 0.4) is 0 Å². The smallest absolute Gasteiger partial charge is 0.352 e. The third-order valence-electron chi connectivity index (χ3n) is 5.92. The largest absolute Gasteiger partial charge is 0.477 e. The lowest BCUT2D eigenvalue weighted by Gasteiger charge is -2.49. The molecule has 3 aliphatic heterocycles. The zero-order valence-electron chi connectivity index (χ0n) is 18.1. The number of rotatable bonds is 7. The summed E-state index contributed by atoms with van der Waals surface area (Å²) in [6, 6.07) is -0.908. The Morgan fingerprint density at radius 2 is 2.24 bits per heavy atom. The number of nitrogens with zero attached hydrogens (tertiary/aromatic N) is 4. The number of carboxylic acids is 1. The molecule has 12 nitrogen and oxygen atoms in total. The molecule has 2 unspecified atom stereocenters. The number of oxime groups is 1. The third kappa shape index (κ3) is 4.43. The van der Waals surface area contributed by atoms with E-state index in [0.29, 0.717) is 35.3 Å². The predicted octanol–water partition coefficient (Wildman–Crippen LogP) is -0.974. The molecule has 4 heterocycles. The lowest BCUT2D eigenvalue weighted by molar-refractivity contribution is -0.894. The number of thioether (sulfide) groups is 1. The first kappa shape index (κ1) is 23.5. The number of aliphatic hydroxyl groups excluding tert-OH is 1. The van der Waals surface area contributed by atoms with Crippen molar-refractivity contribution < 1.29 is 33.9 Å². The average molecular weight is 498 g/mol. The van der Waals surface area contributed by atoms with Crippen LogP contribution in [0.1, 0.15) is 12.1 Å². The Bertz CT molecular complexity index is 1060. The molecular formula is C19H25N6O6S2+. The summed E-state index contributed by atoms with van der Waals surface area (Å²) in [5.74, 6) is -1.95. The summed E-state index contributed by atoms with van der Waals surface area (Å²) in [5.41, 5.74) is 6.34. The number of aromatic nitrogens is 1. The number of nitrogens with one attached hydrogen (secondary N) is 1. The number of β-lactam (4-membered cyclic amide) rings is 1. The highest BCUT2D eigenvalue weighted by molar-refractivity contribution is 8.00. The summed E-state index contributed by atoms with van der Waals surface area (Å²) in [5, 5.41) is 27.4. The highest BCUT2D eigenvalue weighted by Crippen LogP contribution is 2.41. The van der Waals surface area contributed by atoms with Crippen molar-refractivity contribution in [2.45, 2.75) is 23.9 Å². The van der Waals surface area contributed by atoms with Crippen molar-refractivity contribution in [2.24, 2.45) is 5.16 Å². The first-order chi connectivity index (χ1) is 15.6. The van der Waals surface area contributed by atoms with Gasteiger partial charge in [-0.25, -0.2) is 9.78 Å². The van der Waals surface area contributed by atoms with Crippen LogP contribution in [-0.2, 0) is 19.2 Å². The fourth-order valence-corrected chi connectivity index (χ4v) is 6.35. The van der Waals surface area contributed by atoms with Gasteiger partial charge in [0.05, 0.1) is 13.6 Å². The van der Waals surface area contributed by atoms with Crippen molar-refractivity contribution in [3.8, 4) is 0 Å². The molecule has 0 aromatic carbocycles. The number of carbonyl (C=O) groups excluding carboxylic acids is 2. The van der Waals surface area contributed by atoms with Crippen LogP contribution in [0, 0.1) is 0 Å². The molecule has 33 heavy (non-hydrogen) atoms. The van der Waals surface area contributed by atoms with Gasteiger partial charge < -0.3 is 30.6 Å². The molecule has 5 N–H and O–H groups in total. The topological polar surface area (TPSA) is 167 Å². The number of quaternary nitrogens is 1.